The van der Waals surface area contributed by atoms with Crippen LogP contribution in [0.4, 0.5) is 0 Å². The number of phenols is 2. The third kappa shape index (κ3) is 4.13. The van der Waals surface area contributed by atoms with Gasteiger partial charge in [-0.1, -0.05) is 19.3 Å². The Hall–Kier alpha value is -1.75. The molecule has 1 aromatic carbocycles. The molecule has 1 fully saturated rings. The molecule has 0 aromatic heterocycles. The molecule has 0 saturated heterocycles. The van der Waals surface area contributed by atoms with Gasteiger partial charge in [0.2, 0.25) is 0 Å². The van der Waals surface area contributed by atoms with Crippen molar-refractivity contribution in [2.75, 3.05) is 13.2 Å². The molecule has 1 aliphatic carbocycles. The van der Waals surface area contributed by atoms with E-state index in [1.807, 2.05) is 0 Å². The lowest BCUT2D eigenvalue weighted by Crippen LogP contribution is -2.29. The molecule has 1 aliphatic rings. The molecule has 0 bridgehead atoms. The number of aromatic hydroxyl groups is 2. The van der Waals surface area contributed by atoms with E-state index in [-0.39, 0.29) is 23.0 Å². The van der Waals surface area contributed by atoms with Crippen molar-refractivity contribution in [3.8, 4) is 11.5 Å². The summed E-state index contributed by atoms with van der Waals surface area (Å²) in [5, 5.41) is 21.4. The molecule has 1 amide bonds. The number of ether oxygens (including phenoxy) is 1. The SMILES string of the molecule is O=C(NCCOC1CCCCC1)c1ccc(O)cc1O. The second-order valence-electron chi connectivity index (χ2n) is 5.09. The van der Waals surface area contributed by atoms with Crippen LogP contribution in [0.5, 0.6) is 11.5 Å². The van der Waals surface area contributed by atoms with Gasteiger partial charge in [-0.15, -0.1) is 0 Å². The van der Waals surface area contributed by atoms with Gasteiger partial charge in [0, 0.05) is 12.6 Å². The molecule has 5 heteroatoms. The van der Waals surface area contributed by atoms with Crippen LogP contribution in [0.3, 0.4) is 0 Å². The van der Waals surface area contributed by atoms with Gasteiger partial charge in [0.25, 0.3) is 5.91 Å². The lowest BCUT2D eigenvalue weighted by molar-refractivity contribution is 0.0299. The quantitative estimate of drug-likeness (QED) is 0.722. The van der Waals surface area contributed by atoms with Crippen LogP contribution >= 0.6 is 0 Å². The van der Waals surface area contributed by atoms with Crippen LogP contribution in [0.15, 0.2) is 18.2 Å². The average Bonchev–Trinajstić information content (AvgIpc) is 2.44. The van der Waals surface area contributed by atoms with E-state index in [2.05, 4.69) is 5.32 Å². The molecular formula is C15H21NO4. The van der Waals surface area contributed by atoms with E-state index < -0.39 is 0 Å². The number of nitrogens with one attached hydrogen (secondary N) is 1. The molecule has 2 rings (SSSR count). The van der Waals surface area contributed by atoms with Gasteiger partial charge in [-0.25, -0.2) is 0 Å². The molecule has 20 heavy (non-hydrogen) atoms. The molecular weight excluding hydrogens is 258 g/mol. The maximum atomic E-state index is 11.8. The van der Waals surface area contributed by atoms with Crippen molar-refractivity contribution in [1.82, 2.24) is 5.32 Å². The van der Waals surface area contributed by atoms with Gasteiger partial charge in [-0.3, -0.25) is 4.79 Å². The molecule has 3 N–H and O–H groups in total. The first-order valence-corrected chi connectivity index (χ1v) is 7.08. The molecule has 0 spiro atoms. The largest absolute Gasteiger partial charge is 0.508 e. The third-order valence-corrected chi connectivity index (χ3v) is 3.52. The molecule has 0 aliphatic heterocycles. The first-order valence-electron chi connectivity index (χ1n) is 7.08. The Morgan fingerprint density at radius 3 is 2.70 bits per heavy atom. The Balaban J connectivity index is 1.72. The molecule has 110 valence electrons. The monoisotopic (exact) mass is 279 g/mol. The highest BCUT2D eigenvalue weighted by atomic mass is 16.5. The first kappa shape index (κ1) is 14.7. The summed E-state index contributed by atoms with van der Waals surface area (Å²) in [6.45, 7) is 0.894. The van der Waals surface area contributed by atoms with Crippen LogP contribution in [-0.2, 0) is 4.74 Å². The number of hydrogen-bond donors (Lipinski definition) is 3. The van der Waals surface area contributed by atoms with Crippen LogP contribution in [0, 0.1) is 0 Å². The Kier molecular flexibility index (Phi) is 5.24. The number of hydrogen-bond acceptors (Lipinski definition) is 4. The fraction of sp³-hybridized carbons (Fsp3) is 0.533. The Bertz CT molecular complexity index is 455. The Morgan fingerprint density at radius 2 is 2.00 bits per heavy atom. The van der Waals surface area contributed by atoms with Crippen molar-refractivity contribution >= 4 is 5.91 Å². The summed E-state index contributed by atoms with van der Waals surface area (Å²) in [6, 6.07) is 3.91. The molecule has 5 nitrogen and oxygen atoms in total. The fourth-order valence-corrected chi connectivity index (χ4v) is 2.43. The van der Waals surface area contributed by atoms with Crippen LogP contribution in [-0.4, -0.2) is 35.4 Å². The van der Waals surface area contributed by atoms with E-state index >= 15 is 0 Å². The minimum Gasteiger partial charge on any atom is -0.508 e. The van der Waals surface area contributed by atoms with E-state index in [0.717, 1.165) is 18.9 Å². The zero-order valence-electron chi connectivity index (χ0n) is 11.5. The topological polar surface area (TPSA) is 78.8 Å². The summed E-state index contributed by atoms with van der Waals surface area (Å²) < 4.78 is 5.70. The number of carbonyl (C=O) groups is 1. The zero-order valence-corrected chi connectivity index (χ0v) is 11.5. The predicted molar refractivity (Wildman–Crippen MR) is 74.9 cm³/mol. The molecule has 0 unspecified atom stereocenters. The van der Waals surface area contributed by atoms with E-state index in [9.17, 15) is 9.90 Å². The lowest BCUT2D eigenvalue weighted by Gasteiger charge is -2.22. The van der Waals surface area contributed by atoms with Gasteiger partial charge < -0.3 is 20.3 Å². The van der Waals surface area contributed by atoms with Gasteiger partial charge >= 0.3 is 0 Å². The van der Waals surface area contributed by atoms with Crippen molar-refractivity contribution in [2.24, 2.45) is 0 Å². The molecule has 0 atom stereocenters. The highest BCUT2D eigenvalue weighted by Gasteiger charge is 2.14. The van der Waals surface area contributed by atoms with Gasteiger partial charge in [0.05, 0.1) is 18.3 Å². The number of phenolic OH excluding ortho intramolecular Hbond substituents is 2. The fourth-order valence-electron chi connectivity index (χ4n) is 2.43. The molecule has 0 heterocycles. The van der Waals surface area contributed by atoms with Crippen LogP contribution in [0.1, 0.15) is 42.5 Å². The summed E-state index contributed by atoms with van der Waals surface area (Å²) >= 11 is 0. The van der Waals surface area contributed by atoms with Crippen molar-refractivity contribution < 1.29 is 19.7 Å². The van der Waals surface area contributed by atoms with Crippen molar-refractivity contribution in [3.63, 3.8) is 0 Å². The summed E-state index contributed by atoms with van der Waals surface area (Å²) in [4.78, 5) is 11.8. The Morgan fingerprint density at radius 1 is 1.25 bits per heavy atom. The van der Waals surface area contributed by atoms with Gasteiger partial charge in [0.1, 0.15) is 11.5 Å². The molecule has 1 aromatic rings. The van der Waals surface area contributed by atoms with Gasteiger partial charge in [-0.05, 0) is 25.0 Å². The van der Waals surface area contributed by atoms with E-state index in [1.165, 1.54) is 31.4 Å². The number of rotatable bonds is 5. The highest BCUT2D eigenvalue weighted by molar-refractivity contribution is 5.96. The highest BCUT2D eigenvalue weighted by Crippen LogP contribution is 2.22. The van der Waals surface area contributed by atoms with E-state index in [4.69, 9.17) is 9.84 Å². The van der Waals surface area contributed by atoms with E-state index in [1.54, 1.807) is 0 Å². The smallest absolute Gasteiger partial charge is 0.255 e. The second-order valence-corrected chi connectivity index (χ2v) is 5.09. The summed E-state index contributed by atoms with van der Waals surface area (Å²) in [5.74, 6) is -0.662. The first-order chi connectivity index (χ1) is 9.66. The predicted octanol–water partition coefficient (Wildman–Crippen LogP) is 2.18. The Labute approximate surface area is 118 Å². The summed E-state index contributed by atoms with van der Waals surface area (Å²) in [7, 11) is 0. The molecule has 0 radical (unpaired) electrons. The van der Waals surface area contributed by atoms with Crippen LogP contribution in [0.2, 0.25) is 0 Å². The molecule has 1 saturated carbocycles. The van der Waals surface area contributed by atoms with Crippen LogP contribution in [0.25, 0.3) is 0 Å². The minimum absolute atomic E-state index is 0.0697. The van der Waals surface area contributed by atoms with Crippen LogP contribution < -0.4 is 5.32 Å². The van der Waals surface area contributed by atoms with Crippen molar-refractivity contribution in [1.29, 1.82) is 0 Å². The van der Waals surface area contributed by atoms with Crippen molar-refractivity contribution in [2.45, 2.75) is 38.2 Å². The maximum Gasteiger partial charge on any atom is 0.255 e. The normalized spacial score (nSPS) is 16.0. The number of carbonyl (C=O) groups excluding carboxylic acids is 1. The second kappa shape index (κ2) is 7.14. The lowest BCUT2D eigenvalue weighted by atomic mass is 9.98. The number of amides is 1. The average molecular weight is 279 g/mol. The van der Waals surface area contributed by atoms with Crippen molar-refractivity contribution in [3.05, 3.63) is 23.8 Å². The zero-order chi connectivity index (χ0) is 14.4. The summed E-state index contributed by atoms with van der Waals surface area (Å²) in [5.41, 5.74) is 0.153. The van der Waals surface area contributed by atoms with E-state index in [0.29, 0.717) is 19.3 Å². The maximum absolute atomic E-state index is 11.8. The van der Waals surface area contributed by atoms with Gasteiger partial charge in [-0.2, -0.15) is 0 Å². The minimum atomic E-state index is -0.366. The summed E-state index contributed by atoms with van der Waals surface area (Å²) in [6.07, 6.45) is 6.26. The van der Waals surface area contributed by atoms with Gasteiger partial charge in [0.15, 0.2) is 0 Å². The standard InChI is InChI=1S/C15H21NO4/c17-11-6-7-13(14(18)10-11)15(19)16-8-9-20-12-4-2-1-3-5-12/h6-7,10,12,17-18H,1-5,8-9H2,(H,16,19). The third-order valence-electron chi connectivity index (χ3n) is 3.52. The number of benzene rings is 1.